The third kappa shape index (κ3) is 2.93. The monoisotopic (exact) mass is 378 g/mol. The summed E-state index contributed by atoms with van der Waals surface area (Å²) in [5.74, 6) is 2.81. The number of carbonyl (C=O) groups excluding carboxylic acids is 1. The van der Waals surface area contributed by atoms with Gasteiger partial charge in [-0.1, -0.05) is 13.8 Å². The molecule has 0 unspecified atom stereocenters. The highest BCUT2D eigenvalue weighted by Crippen LogP contribution is 2.68. The Hall–Kier alpha value is -0.450. The van der Waals surface area contributed by atoms with Gasteiger partial charge in [0.25, 0.3) is 0 Å². The number of aliphatic hydroxyl groups excluding tert-OH is 1. The minimum Gasteiger partial charge on any atom is -0.389 e. The Morgan fingerprint density at radius 2 is 1.74 bits per heavy atom. The van der Waals surface area contributed by atoms with Crippen LogP contribution in [0.4, 0.5) is 0 Å². The van der Waals surface area contributed by atoms with Crippen LogP contribution in [-0.2, 0) is 9.53 Å². The zero-order chi connectivity index (χ0) is 19.4. The first-order valence-corrected chi connectivity index (χ1v) is 11.1. The summed E-state index contributed by atoms with van der Waals surface area (Å²) in [6, 6.07) is 0. The highest BCUT2D eigenvalue weighted by Gasteiger charge is 2.61. The fraction of sp³-hybridized carbons (Fsp3) is 0.957. The van der Waals surface area contributed by atoms with Crippen molar-refractivity contribution in [3.8, 4) is 0 Å². The molecule has 154 valence electrons. The molecule has 4 aliphatic carbocycles. The third-order valence-electron chi connectivity index (χ3n) is 9.78. The van der Waals surface area contributed by atoms with Gasteiger partial charge >= 0.3 is 0 Å². The molecule has 4 aliphatic rings. The Kier molecular flexibility index (Phi) is 5.01. The summed E-state index contributed by atoms with van der Waals surface area (Å²) in [5, 5.41) is 20.4. The summed E-state index contributed by atoms with van der Waals surface area (Å²) in [6.07, 6.45) is 9.74. The van der Waals surface area contributed by atoms with Crippen LogP contribution >= 0.6 is 0 Å². The molecule has 0 aromatic carbocycles. The van der Waals surface area contributed by atoms with Crippen molar-refractivity contribution in [1.29, 1.82) is 0 Å². The van der Waals surface area contributed by atoms with Crippen LogP contribution in [0.1, 0.15) is 71.6 Å². The van der Waals surface area contributed by atoms with Gasteiger partial charge in [-0.2, -0.15) is 0 Å². The molecule has 2 N–H and O–H groups in total. The first-order chi connectivity index (χ1) is 12.8. The molecule has 0 aromatic heterocycles. The van der Waals surface area contributed by atoms with Crippen LogP contribution in [0, 0.1) is 40.4 Å². The molecule has 4 fully saturated rings. The number of ether oxygens (including phenoxy) is 1. The van der Waals surface area contributed by atoms with Crippen molar-refractivity contribution in [3.05, 3.63) is 0 Å². The number of methoxy groups -OCH3 is 1. The van der Waals surface area contributed by atoms with Gasteiger partial charge in [-0.3, -0.25) is 4.79 Å². The van der Waals surface area contributed by atoms with E-state index in [1.807, 2.05) is 0 Å². The van der Waals surface area contributed by atoms with E-state index in [1.165, 1.54) is 19.3 Å². The van der Waals surface area contributed by atoms with E-state index in [1.54, 1.807) is 7.11 Å². The molecule has 8 atom stereocenters. The minimum atomic E-state index is -0.638. The van der Waals surface area contributed by atoms with Crippen molar-refractivity contribution in [2.45, 2.75) is 77.2 Å². The average Bonchev–Trinajstić information content (AvgIpc) is 2.99. The number of rotatable bonds is 4. The van der Waals surface area contributed by atoms with Crippen molar-refractivity contribution in [3.63, 3.8) is 0 Å². The zero-order valence-electron chi connectivity index (χ0n) is 17.4. The van der Waals surface area contributed by atoms with Gasteiger partial charge in [0.2, 0.25) is 0 Å². The molecule has 0 radical (unpaired) electrons. The Morgan fingerprint density at radius 1 is 1.00 bits per heavy atom. The first kappa shape index (κ1) is 19.8. The molecule has 4 saturated carbocycles. The molecule has 0 bridgehead atoms. The Bertz CT molecular complexity index is 591. The SMILES string of the molecule is COC[C@@]1(O)CC[C@@]2(C)[C@@H](CC[C@@H]3[C@@H]2CC[C@]2(C)[C@H](C(=O)CO)CC[C@@H]32)C1. The quantitative estimate of drug-likeness (QED) is 0.785. The van der Waals surface area contributed by atoms with Gasteiger partial charge in [0.05, 0.1) is 12.2 Å². The smallest absolute Gasteiger partial charge is 0.161 e. The van der Waals surface area contributed by atoms with Crippen molar-refractivity contribution >= 4 is 5.78 Å². The third-order valence-corrected chi connectivity index (χ3v) is 9.78. The molecule has 0 aliphatic heterocycles. The second-order valence-corrected chi connectivity index (χ2v) is 10.8. The standard InChI is InChI=1S/C23H38O4/c1-21-10-11-23(26,14-27-3)12-15(21)4-5-16-17-6-7-19(20(25)13-24)22(17,2)9-8-18(16)21/h15-19,24,26H,4-14H2,1-3H3/t15-,16-,17-,18-,19-,21-,22-,23+/m0/s1. The molecular formula is C23H38O4. The van der Waals surface area contributed by atoms with Crippen molar-refractivity contribution < 1.29 is 19.7 Å². The van der Waals surface area contributed by atoms with E-state index >= 15 is 0 Å². The van der Waals surface area contributed by atoms with Crippen LogP contribution < -0.4 is 0 Å². The summed E-state index contributed by atoms with van der Waals surface area (Å²) in [6.45, 7) is 5.00. The Morgan fingerprint density at radius 3 is 2.44 bits per heavy atom. The lowest BCUT2D eigenvalue weighted by Gasteiger charge is -2.62. The number of ketones is 1. The molecule has 0 amide bonds. The summed E-state index contributed by atoms with van der Waals surface area (Å²) in [4.78, 5) is 12.4. The maximum atomic E-state index is 12.4. The van der Waals surface area contributed by atoms with Crippen LogP contribution in [0.5, 0.6) is 0 Å². The van der Waals surface area contributed by atoms with Gasteiger partial charge in [-0.15, -0.1) is 0 Å². The lowest BCUT2D eigenvalue weighted by atomic mass is 9.44. The van der Waals surface area contributed by atoms with E-state index in [0.717, 1.165) is 50.4 Å². The molecule has 0 aromatic rings. The maximum Gasteiger partial charge on any atom is 0.161 e. The molecule has 0 saturated heterocycles. The number of carbonyl (C=O) groups is 1. The van der Waals surface area contributed by atoms with E-state index in [-0.39, 0.29) is 23.7 Å². The van der Waals surface area contributed by atoms with E-state index in [2.05, 4.69) is 13.8 Å². The maximum absolute atomic E-state index is 12.4. The lowest BCUT2D eigenvalue weighted by molar-refractivity contribution is -0.164. The molecule has 0 heterocycles. The predicted octanol–water partition coefficient (Wildman–Crippen LogP) is 3.58. The second kappa shape index (κ2) is 6.81. The van der Waals surface area contributed by atoms with Gasteiger partial charge < -0.3 is 14.9 Å². The fourth-order valence-corrected chi connectivity index (χ4v) is 8.36. The van der Waals surface area contributed by atoms with E-state index in [0.29, 0.717) is 23.9 Å². The molecule has 4 nitrogen and oxygen atoms in total. The van der Waals surface area contributed by atoms with Gasteiger partial charge in [0.15, 0.2) is 5.78 Å². The zero-order valence-corrected chi connectivity index (χ0v) is 17.4. The van der Waals surface area contributed by atoms with Gasteiger partial charge in [0, 0.05) is 13.0 Å². The van der Waals surface area contributed by atoms with Crippen LogP contribution in [-0.4, -0.2) is 41.9 Å². The number of hydrogen-bond donors (Lipinski definition) is 2. The number of Topliss-reactive ketones (excluding diaryl/α,β-unsaturated/α-hetero) is 1. The molecule has 4 heteroatoms. The highest BCUT2D eigenvalue weighted by atomic mass is 16.5. The predicted molar refractivity (Wildman–Crippen MR) is 104 cm³/mol. The van der Waals surface area contributed by atoms with E-state index in [4.69, 9.17) is 4.74 Å². The summed E-state index contributed by atoms with van der Waals surface area (Å²) in [7, 11) is 1.69. The molecule has 27 heavy (non-hydrogen) atoms. The van der Waals surface area contributed by atoms with Crippen molar-refractivity contribution in [1.82, 2.24) is 0 Å². The van der Waals surface area contributed by atoms with Crippen molar-refractivity contribution in [2.75, 3.05) is 20.3 Å². The summed E-state index contributed by atoms with van der Waals surface area (Å²) >= 11 is 0. The number of hydrogen-bond acceptors (Lipinski definition) is 4. The topological polar surface area (TPSA) is 66.8 Å². The molecule has 0 spiro atoms. The van der Waals surface area contributed by atoms with Crippen molar-refractivity contribution in [2.24, 2.45) is 40.4 Å². The van der Waals surface area contributed by atoms with Gasteiger partial charge in [-0.05, 0) is 92.3 Å². The van der Waals surface area contributed by atoms with Crippen LogP contribution in [0.15, 0.2) is 0 Å². The van der Waals surface area contributed by atoms with Crippen LogP contribution in [0.25, 0.3) is 0 Å². The number of aliphatic hydroxyl groups is 2. The Balaban J connectivity index is 1.55. The van der Waals surface area contributed by atoms with E-state index in [9.17, 15) is 15.0 Å². The first-order valence-electron chi connectivity index (χ1n) is 11.1. The number of fused-ring (bicyclic) bond motifs is 5. The van der Waals surface area contributed by atoms with Gasteiger partial charge in [-0.25, -0.2) is 0 Å². The van der Waals surface area contributed by atoms with Crippen LogP contribution in [0.2, 0.25) is 0 Å². The summed E-state index contributed by atoms with van der Waals surface area (Å²) in [5.41, 5.74) is -0.222. The molecule has 4 rings (SSSR count). The van der Waals surface area contributed by atoms with Gasteiger partial charge in [0.1, 0.15) is 6.61 Å². The molecular weight excluding hydrogens is 340 g/mol. The Labute approximate surface area is 164 Å². The highest BCUT2D eigenvalue weighted by molar-refractivity contribution is 5.83. The normalized spacial score (nSPS) is 52.0. The summed E-state index contributed by atoms with van der Waals surface area (Å²) < 4.78 is 5.32. The minimum absolute atomic E-state index is 0.0668. The largest absolute Gasteiger partial charge is 0.389 e. The van der Waals surface area contributed by atoms with Crippen LogP contribution in [0.3, 0.4) is 0 Å². The average molecular weight is 379 g/mol. The lowest BCUT2D eigenvalue weighted by Crippen LogP contribution is -2.56. The fourth-order valence-electron chi connectivity index (χ4n) is 8.36. The second-order valence-electron chi connectivity index (χ2n) is 10.8. The van der Waals surface area contributed by atoms with E-state index < -0.39 is 5.60 Å².